The Morgan fingerprint density at radius 2 is 1.83 bits per heavy atom. The van der Waals surface area contributed by atoms with Crippen LogP contribution in [0.3, 0.4) is 0 Å². The molecule has 0 unspecified atom stereocenters. The first-order chi connectivity index (χ1) is 8.61. The molecule has 1 amide bonds. The molecular weight excluding hydrogens is 234 g/mol. The van der Waals surface area contributed by atoms with Gasteiger partial charge in [0.2, 0.25) is 0 Å². The molecule has 1 rings (SSSR count). The Balaban J connectivity index is 2.26. The van der Waals surface area contributed by atoms with Crippen molar-refractivity contribution in [2.24, 2.45) is 0 Å². The minimum Gasteiger partial charge on any atom is -0.481 e. The van der Waals surface area contributed by atoms with Gasteiger partial charge in [0.25, 0.3) is 0 Å². The second kappa shape index (κ2) is 7.32. The van der Waals surface area contributed by atoms with Crippen LogP contribution in [0.15, 0.2) is 24.3 Å². The van der Waals surface area contributed by atoms with E-state index in [1.165, 1.54) is 5.56 Å². The highest BCUT2D eigenvalue weighted by Crippen LogP contribution is 2.06. The summed E-state index contributed by atoms with van der Waals surface area (Å²) in [5.41, 5.74) is 2.13. The van der Waals surface area contributed by atoms with Crippen molar-refractivity contribution in [3.8, 4) is 0 Å². The number of carboxylic acids is 1. The Morgan fingerprint density at radius 1 is 1.22 bits per heavy atom. The molecule has 0 saturated carbocycles. The molecule has 5 nitrogen and oxygen atoms in total. The van der Waals surface area contributed by atoms with Crippen molar-refractivity contribution >= 4 is 12.1 Å². The summed E-state index contributed by atoms with van der Waals surface area (Å²) >= 11 is 0. The van der Waals surface area contributed by atoms with E-state index >= 15 is 0 Å². The van der Waals surface area contributed by atoms with E-state index < -0.39 is 12.1 Å². The van der Waals surface area contributed by atoms with Gasteiger partial charge in [-0.25, -0.2) is 4.79 Å². The Bertz CT molecular complexity index is 400. The summed E-state index contributed by atoms with van der Waals surface area (Å²) in [4.78, 5) is 21.4. The first-order valence-electron chi connectivity index (χ1n) is 5.82. The summed E-state index contributed by atoms with van der Waals surface area (Å²) in [5, 5.41) is 10.8. The van der Waals surface area contributed by atoms with Gasteiger partial charge in [-0.15, -0.1) is 0 Å². The SMILES string of the molecule is CCc1ccc(COC(=O)NCCC(=O)O)cc1. The van der Waals surface area contributed by atoms with Crippen LogP contribution in [0.2, 0.25) is 0 Å². The first kappa shape index (κ1) is 14.0. The highest BCUT2D eigenvalue weighted by atomic mass is 16.5. The van der Waals surface area contributed by atoms with Crippen LogP contribution in [-0.4, -0.2) is 23.7 Å². The fourth-order valence-corrected chi connectivity index (χ4v) is 1.34. The Morgan fingerprint density at radius 3 is 2.39 bits per heavy atom. The summed E-state index contributed by atoms with van der Waals surface area (Å²) in [5.74, 6) is -0.953. The average Bonchev–Trinajstić information content (AvgIpc) is 2.36. The normalized spacial score (nSPS) is 9.83. The zero-order valence-corrected chi connectivity index (χ0v) is 10.3. The van der Waals surface area contributed by atoms with Crippen LogP contribution in [0, 0.1) is 0 Å². The van der Waals surface area contributed by atoms with Crippen LogP contribution in [0.4, 0.5) is 4.79 Å². The van der Waals surface area contributed by atoms with Crippen LogP contribution >= 0.6 is 0 Å². The molecule has 0 aliphatic carbocycles. The topological polar surface area (TPSA) is 75.6 Å². The standard InChI is InChI=1S/C13H17NO4/c1-2-10-3-5-11(6-4-10)9-18-13(17)14-8-7-12(15)16/h3-6H,2,7-9H2,1H3,(H,14,17)(H,15,16). The summed E-state index contributed by atoms with van der Waals surface area (Å²) < 4.78 is 4.94. The third-order valence-electron chi connectivity index (χ3n) is 2.41. The molecule has 0 atom stereocenters. The number of aryl methyl sites for hydroxylation is 1. The van der Waals surface area contributed by atoms with Crippen molar-refractivity contribution in [1.82, 2.24) is 5.32 Å². The number of benzene rings is 1. The van der Waals surface area contributed by atoms with Crippen molar-refractivity contribution in [1.29, 1.82) is 0 Å². The fourth-order valence-electron chi connectivity index (χ4n) is 1.34. The third kappa shape index (κ3) is 5.34. The van der Waals surface area contributed by atoms with E-state index in [2.05, 4.69) is 12.2 Å². The molecule has 0 saturated heterocycles. The van der Waals surface area contributed by atoms with Gasteiger partial charge in [-0.2, -0.15) is 0 Å². The van der Waals surface area contributed by atoms with Gasteiger partial charge in [0.1, 0.15) is 6.61 Å². The Kier molecular flexibility index (Phi) is 5.70. The minimum absolute atomic E-state index is 0.0724. The van der Waals surface area contributed by atoms with Crippen molar-refractivity contribution in [3.05, 3.63) is 35.4 Å². The highest BCUT2D eigenvalue weighted by molar-refractivity contribution is 5.70. The largest absolute Gasteiger partial charge is 0.481 e. The molecule has 0 aliphatic rings. The Hall–Kier alpha value is -2.04. The summed E-state index contributed by atoms with van der Waals surface area (Å²) in [7, 11) is 0. The molecule has 2 N–H and O–H groups in total. The van der Waals surface area contributed by atoms with E-state index in [0.717, 1.165) is 12.0 Å². The number of carbonyl (C=O) groups is 2. The van der Waals surface area contributed by atoms with Gasteiger partial charge in [-0.1, -0.05) is 31.2 Å². The quantitative estimate of drug-likeness (QED) is 0.810. The third-order valence-corrected chi connectivity index (χ3v) is 2.41. The number of nitrogens with one attached hydrogen (secondary N) is 1. The maximum atomic E-state index is 11.2. The fraction of sp³-hybridized carbons (Fsp3) is 0.385. The second-order valence-electron chi connectivity index (χ2n) is 3.82. The molecule has 1 aromatic carbocycles. The van der Waals surface area contributed by atoms with Crippen LogP contribution in [-0.2, 0) is 22.6 Å². The van der Waals surface area contributed by atoms with Crippen molar-refractivity contribution in [2.45, 2.75) is 26.4 Å². The maximum Gasteiger partial charge on any atom is 0.407 e. The monoisotopic (exact) mass is 251 g/mol. The van der Waals surface area contributed by atoms with Crippen LogP contribution in [0.25, 0.3) is 0 Å². The summed E-state index contributed by atoms with van der Waals surface area (Å²) in [6, 6.07) is 7.79. The number of aliphatic carboxylic acids is 1. The lowest BCUT2D eigenvalue weighted by molar-refractivity contribution is -0.136. The summed E-state index contributed by atoms with van der Waals surface area (Å²) in [6.07, 6.45) is 0.257. The van der Waals surface area contributed by atoms with Crippen LogP contribution in [0.5, 0.6) is 0 Å². The van der Waals surface area contributed by atoms with E-state index in [9.17, 15) is 9.59 Å². The zero-order valence-electron chi connectivity index (χ0n) is 10.3. The average molecular weight is 251 g/mol. The first-order valence-corrected chi connectivity index (χ1v) is 5.82. The molecule has 18 heavy (non-hydrogen) atoms. The maximum absolute atomic E-state index is 11.2. The van der Waals surface area contributed by atoms with E-state index in [-0.39, 0.29) is 19.6 Å². The minimum atomic E-state index is -0.953. The van der Waals surface area contributed by atoms with E-state index in [1.807, 2.05) is 24.3 Å². The molecule has 0 spiro atoms. The molecule has 0 heterocycles. The van der Waals surface area contributed by atoms with Crippen LogP contribution in [0.1, 0.15) is 24.5 Å². The second-order valence-corrected chi connectivity index (χ2v) is 3.82. The number of amides is 1. The van der Waals surface area contributed by atoms with Crippen molar-refractivity contribution in [3.63, 3.8) is 0 Å². The molecule has 0 fully saturated rings. The van der Waals surface area contributed by atoms with Crippen molar-refractivity contribution in [2.75, 3.05) is 6.54 Å². The number of rotatable bonds is 6. The summed E-state index contributed by atoms with van der Waals surface area (Å²) in [6.45, 7) is 2.33. The Labute approximate surface area is 106 Å². The van der Waals surface area contributed by atoms with Gasteiger partial charge in [-0.3, -0.25) is 4.79 Å². The number of alkyl carbamates (subject to hydrolysis) is 1. The molecule has 98 valence electrons. The molecule has 0 radical (unpaired) electrons. The van der Waals surface area contributed by atoms with Gasteiger partial charge in [-0.05, 0) is 17.5 Å². The van der Waals surface area contributed by atoms with Gasteiger partial charge >= 0.3 is 12.1 Å². The van der Waals surface area contributed by atoms with E-state index in [1.54, 1.807) is 0 Å². The number of hydrogen-bond donors (Lipinski definition) is 2. The lowest BCUT2D eigenvalue weighted by Gasteiger charge is -2.06. The van der Waals surface area contributed by atoms with Gasteiger partial charge in [0.05, 0.1) is 6.42 Å². The van der Waals surface area contributed by atoms with Crippen molar-refractivity contribution < 1.29 is 19.4 Å². The molecule has 0 bridgehead atoms. The van der Waals surface area contributed by atoms with Crippen LogP contribution < -0.4 is 5.32 Å². The van der Waals surface area contributed by atoms with E-state index in [4.69, 9.17) is 9.84 Å². The smallest absolute Gasteiger partial charge is 0.407 e. The molecule has 0 aromatic heterocycles. The number of carbonyl (C=O) groups excluding carboxylic acids is 1. The number of hydrogen-bond acceptors (Lipinski definition) is 3. The number of carboxylic acid groups (broad SMARTS) is 1. The lowest BCUT2D eigenvalue weighted by atomic mass is 10.1. The number of ether oxygens (including phenoxy) is 1. The molecular formula is C13H17NO4. The molecule has 5 heteroatoms. The highest BCUT2D eigenvalue weighted by Gasteiger charge is 2.03. The molecule has 1 aromatic rings. The van der Waals surface area contributed by atoms with Gasteiger partial charge < -0.3 is 15.2 Å². The predicted molar refractivity (Wildman–Crippen MR) is 66.3 cm³/mol. The zero-order chi connectivity index (χ0) is 13.4. The molecule has 0 aliphatic heterocycles. The lowest BCUT2D eigenvalue weighted by Crippen LogP contribution is -2.26. The predicted octanol–water partition coefficient (Wildman–Crippen LogP) is 1.95. The van der Waals surface area contributed by atoms with E-state index in [0.29, 0.717) is 0 Å². The van der Waals surface area contributed by atoms with Gasteiger partial charge in [0.15, 0.2) is 0 Å². The van der Waals surface area contributed by atoms with Gasteiger partial charge in [0, 0.05) is 6.54 Å².